The summed E-state index contributed by atoms with van der Waals surface area (Å²) in [6, 6.07) is 4.29. The fraction of sp³-hybridized carbons (Fsp3) is 0.364. The minimum absolute atomic E-state index is 0.125. The zero-order valence-corrected chi connectivity index (χ0v) is 9.23. The van der Waals surface area contributed by atoms with Gasteiger partial charge in [-0.1, -0.05) is 6.07 Å². The quantitative estimate of drug-likeness (QED) is 0.697. The van der Waals surface area contributed by atoms with Gasteiger partial charge in [-0.25, -0.2) is 0 Å². The minimum atomic E-state index is -0.446. The molecule has 5 nitrogen and oxygen atoms in total. The van der Waals surface area contributed by atoms with Gasteiger partial charge in [-0.15, -0.1) is 0 Å². The number of nitrogens with one attached hydrogen (secondary N) is 1. The molecule has 0 aliphatic heterocycles. The van der Waals surface area contributed by atoms with Crippen LogP contribution in [0.1, 0.15) is 17.3 Å². The van der Waals surface area contributed by atoms with Gasteiger partial charge in [-0.3, -0.25) is 4.79 Å². The number of hydrogen-bond acceptors (Lipinski definition) is 4. The number of rotatable bonds is 4. The van der Waals surface area contributed by atoms with Gasteiger partial charge >= 0.3 is 0 Å². The summed E-state index contributed by atoms with van der Waals surface area (Å²) in [6.45, 7) is 1.51. The van der Waals surface area contributed by atoms with Crippen molar-refractivity contribution < 1.29 is 19.7 Å². The number of aliphatic hydroxyl groups excluding tert-OH is 1. The van der Waals surface area contributed by atoms with Gasteiger partial charge in [0.25, 0.3) is 5.91 Å². The van der Waals surface area contributed by atoms with Crippen LogP contribution in [0.25, 0.3) is 0 Å². The molecule has 0 saturated carbocycles. The number of ether oxygens (including phenoxy) is 1. The SMILES string of the molecule is COc1cccc(C(=O)N[C@H](C)CO)c1O. The molecule has 0 radical (unpaired) electrons. The molecule has 0 bridgehead atoms. The van der Waals surface area contributed by atoms with Crippen molar-refractivity contribution >= 4 is 5.91 Å². The maximum atomic E-state index is 11.7. The van der Waals surface area contributed by atoms with Gasteiger partial charge in [-0.05, 0) is 19.1 Å². The number of amides is 1. The van der Waals surface area contributed by atoms with Crippen LogP contribution < -0.4 is 10.1 Å². The molecule has 0 saturated heterocycles. The monoisotopic (exact) mass is 225 g/mol. The third-order valence-electron chi connectivity index (χ3n) is 2.11. The number of benzene rings is 1. The number of aliphatic hydroxyl groups is 1. The Balaban J connectivity index is 2.91. The molecular formula is C11H15NO4. The summed E-state index contributed by atoms with van der Waals surface area (Å²) in [5.41, 5.74) is 0.125. The van der Waals surface area contributed by atoms with Gasteiger partial charge in [0.05, 0.1) is 19.3 Å². The topological polar surface area (TPSA) is 78.8 Å². The van der Waals surface area contributed by atoms with E-state index in [4.69, 9.17) is 9.84 Å². The van der Waals surface area contributed by atoms with E-state index in [1.54, 1.807) is 19.1 Å². The molecule has 16 heavy (non-hydrogen) atoms. The fourth-order valence-electron chi connectivity index (χ4n) is 1.22. The van der Waals surface area contributed by atoms with Gasteiger partial charge in [0.1, 0.15) is 0 Å². The van der Waals surface area contributed by atoms with Crippen molar-refractivity contribution in [2.24, 2.45) is 0 Å². The summed E-state index contributed by atoms with van der Waals surface area (Å²) < 4.78 is 4.89. The molecule has 5 heteroatoms. The number of phenols is 1. The van der Waals surface area contributed by atoms with Crippen LogP contribution >= 0.6 is 0 Å². The number of aromatic hydroxyl groups is 1. The van der Waals surface area contributed by atoms with Crippen LogP contribution in [0.15, 0.2) is 18.2 Å². The molecule has 1 atom stereocenters. The average molecular weight is 225 g/mol. The molecule has 3 N–H and O–H groups in total. The van der Waals surface area contributed by atoms with Gasteiger partial charge < -0.3 is 20.3 Å². The number of para-hydroxylation sites is 1. The Labute approximate surface area is 93.7 Å². The second-order valence-electron chi connectivity index (χ2n) is 3.41. The molecular weight excluding hydrogens is 210 g/mol. The first-order valence-corrected chi connectivity index (χ1v) is 4.87. The summed E-state index contributed by atoms with van der Waals surface area (Å²) in [4.78, 5) is 11.7. The molecule has 1 aromatic carbocycles. The summed E-state index contributed by atoms with van der Waals surface area (Å²) in [5.74, 6) is -0.408. The number of carbonyl (C=O) groups is 1. The molecule has 0 heterocycles. The van der Waals surface area contributed by atoms with Gasteiger partial charge in [0.15, 0.2) is 11.5 Å². The van der Waals surface area contributed by atoms with Crippen molar-refractivity contribution in [2.45, 2.75) is 13.0 Å². The molecule has 1 amide bonds. The molecule has 0 aliphatic rings. The van der Waals surface area contributed by atoms with E-state index >= 15 is 0 Å². The first kappa shape index (κ1) is 12.3. The third kappa shape index (κ3) is 2.64. The molecule has 0 fully saturated rings. The zero-order valence-electron chi connectivity index (χ0n) is 9.23. The van der Waals surface area contributed by atoms with Gasteiger partial charge in [-0.2, -0.15) is 0 Å². The second kappa shape index (κ2) is 5.37. The van der Waals surface area contributed by atoms with Crippen molar-refractivity contribution in [1.29, 1.82) is 0 Å². The Morgan fingerprint density at radius 3 is 2.81 bits per heavy atom. The molecule has 1 aromatic rings. The highest BCUT2D eigenvalue weighted by atomic mass is 16.5. The van der Waals surface area contributed by atoms with E-state index in [2.05, 4.69) is 5.32 Å². The average Bonchev–Trinajstić information content (AvgIpc) is 2.29. The van der Waals surface area contributed by atoms with E-state index in [0.29, 0.717) is 0 Å². The van der Waals surface area contributed by atoms with E-state index in [-0.39, 0.29) is 29.7 Å². The summed E-state index contributed by atoms with van der Waals surface area (Å²) in [6.07, 6.45) is 0. The normalized spacial score (nSPS) is 11.9. The lowest BCUT2D eigenvalue weighted by Crippen LogP contribution is -2.35. The van der Waals surface area contributed by atoms with Gasteiger partial charge in [0, 0.05) is 6.04 Å². The van der Waals surface area contributed by atoms with Crippen molar-refractivity contribution in [1.82, 2.24) is 5.32 Å². The maximum Gasteiger partial charge on any atom is 0.255 e. The van der Waals surface area contributed by atoms with Crippen molar-refractivity contribution in [3.63, 3.8) is 0 Å². The first-order chi connectivity index (χ1) is 7.60. The Bertz CT molecular complexity index is 378. The number of phenolic OH excluding ortho intramolecular Hbond substituents is 1. The predicted octanol–water partition coefficient (Wildman–Crippen LogP) is 0.511. The number of carbonyl (C=O) groups excluding carboxylic acids is 1. The van der Waals surface area contributed by atoms with Gasteiger partial charge in [0.2, 0.25) is 0 Å². The van der Waals surface area contributed by atoms with Crippen LogP contribution in [0.4, 0.5) is 0 Å². The molecule has 0 spiro atoms. The van der Waals surface area contributed by atoms with E-state index in [0.717, 1.165) is 0 Å². The standard InChI is InChI=1S/C11H15NO4/c1-7(6-13)12-11(15)8-4-3-5-9(16-2)10(8)14/h3-5,7,13-14H,6H2,1-2H3,(H,12,15)/t7-/m1/s1. The number of methoxy groups -OCH3 is 1. The lowest BCUT2D eigenvalue weighted by atomic mass is 10.1. The van der Waals surface area contributed by atoms with E-state index in [1.807, 2.05) is 0 Å². The van der Waals surface area contributed by atoms with Crippen LogP contribution in [-0.2, 0) is 0 Å². The Morgan fingerprint density at radius 1 is 1.56 bits per heavy atom. The van der Waals surface area contributed by atoms with Crippen LogP contribution in [0.5, 0.6) is 11.5 Å². The molecule has 0 unspecified atom stereocenters. The maximum absolute atomic E-state index is 11.7. The third-order valence-corrected chi connectivity index (χ3v) is 2.11. The Hall–Kier alpha value is -1.75. The van der Waals surface area contributed by atoms with E-state index < -0.39 is 5.91 Å². The first-order valence-electron chi connectivity index (χ1n) is 4.87. The smallest absolute Gasteiger partial charge is 0.255 e. The lowest BCUT2D eigenvalue weighted by Gasteiger charge is -2.12. The highest BCUT2D eigenvalue weighted by Crippen LogP contribution is 2.29. The molecule has 1 rings (SSSR count). The molecule has 0 aliphatic carbocycles. The van der Waals surface area contributed by atoms with Crippen molar-refractivity contribution in [3.05, 3.63) is 23.8 Å². The summed E-state index contributed by atoms with van der Waals surface area (Å²) >= 11 is 0. The van der Waals surface area contributed by atoms with Crippen LogP contribution in [-0.4, -0.2) is 35.9 Å². The minimum Gasteiger partial charge on any atom is -0.504 e. The molecule has 88 valence electrons. The highest BCUT2D eigenvalue weighted by Gasteiger charge is 2.15. The fourth-order valence-corrected chi connectivity index (χ4v) is 1.22. The van der Waals surface area contributed by atoms with E-state index in [9.17, 15) is 9.90 Å². The Morgan fingerprint density at radius 2 is 2.25 bits per heavy atom. The van der Waals surface area contributed by atoms with Crippen LogP contribution in [0, 0.1) is 0 Å². The molecule has 0 aromatic heterocycles. The number of hydrogen-bond donors (Lipinski definition) is 3. The Kier molecular flexibility index (Phi) is 4.13. The summed E-state index contributed by atoms with van der Waals surface area (Å²) in [5, 5.41) is 21.0. The predicted molar refractivity (Wildman–Crippen MR) is 58.7 cm³/mol. The highest BCUT2D eigenvalue weighted by molar-refractivity contribution is 5.97. The summed E-state index contributed by atoms with van der Waals surface area (Å²) in [7, 11) is 1.41. The largest absolute Gasteiger partial charge is 0.504 e. The van der Waals surface area contributed by atoms with Crippen molar-refractivity contribution in [2.75, 3.05) is 13.7 Å². The lowest BCUT2D eigenvalue weighted by molar-refractivity contribution is 0.0919. The van der Waals surface area contributed by atoms with Crippen LogP contribution in [0.3, 0.4) is 0 Å². The zero-order chi connectivity index (χ0) is 12.1. The second-order valence-corrected chi connectivity index (χ2v) is 3.41. The van der Waals surface area contributed by atoms with Crippen LogP contribution in [0.2, 0.25) is 0 Å². The van der Waals surface area contributed by atoms with E-state index in [1.165, 1.54) is 13.2 Å². The van der Waals surface area contributed by atoms with Crippen molar-refractivity contribution in [3.8, 4) is 11.5 Å².